The van der Waals surface area contributed by atoms with Gasteiger partial charge in [-0.15, -0.1) is 0 Å². The number of carbonyl (C=O) groups is 2. The van der Waals surface area contributed by atoms with Crippen LogP contribution in [-0.4, -0.2) is 29.8 Å². The number of benzene rings is 2. The Kier molecular flexibility index (Phi) is 8.52. The van der Waals surface area contributed by atoms with Crippen molar-refractivity contribution in [2.75, 3.05) is 7.05 Å². The predicted molar refractivity (Wildman–Crippen MR) is 114 cm³/mol. The lowest BCUT2D eigenvalue weighted by atomic mass is 10.0. The van der Waals surface area contributed by atoms with Crippen LogP contribution in [0.1, 0.15) is 43.4 Å². The van der Waals surface area contributed by atoms with E-state index in [4.69, 9.17) is 11.6 Å². The molecule has 2 aromatic rings. The van der Waals surface area contributed by atoms with Gasteiger partial charge in [-0.05, 0) is 42.0 Å². The lowest BCUT2D eigenvalue weighted by molar-refractivity contribution is -0.141. The normalized spacial score (nSPS) is 11.7. The maximum Gasteiger partial charge on any atom is 0.242 e. The van der Waals surface area contributed by atoms with Crippen molar-refractivity contribution in [2.24, 2.45) is 0 Å². The number of carbonyl (C=O) groups excluding carboxylic acids is 2. The van der Waals surface area contributed by atoms with Gasteiger partial charge in [-0.3, -0.25) is 9.59 Å². The van der Waals surface area contributed by atoms with Crippen LogP contribution in [-0.2, 0) is 29.0 Å². The molecule has 150 valence electrons. The molecule has 2 amide bonds. The van der Waals surface area contributed by atoms with Crippen molar-refractivity contribution in [3.8, 4) is 0 Å². The van der Waals surface area contributed by atoms with E-state index in [0.717, 1.165) is 17.5 Å². The second-order valence-electron chi connectivity index (χ2n) is 6.82. The minimum Gasteiger partial charge on any atom is -0.357 e. The monoisotopic (exact) mass is 400 g/mol. The molecule has 1 atom stereocenters. The molecule has 0 aliphatic carbocycles. The molecule has 28 heavy (non-hydrogen) atoms. The summed E-state index contributed by atoms with van der Waals surface area (Å²) in [6.07, 6.45) is 2.53. The van der Waals surface area contributed by atoms with Crippen LogP contribution >= 0.6 is 11.6 Å². The van der Waals surface area contributed by atoms with Gasteiger partial charge in [0.25, 0.3) is 0 Å². The lowest BCUT2D eigenvalue weighted by Gasteiger charge is -2.30. The third-order valence-electron chi connectivity index (χ3n) is 4.99. The van der Waals surface area contributed by atoms with E-state index in [1.54, 1.807) is 18.0 Å². The van der Waals surface area contributed by atoms with E-state index in [0.29, 0.717) is 30.8 Å². The van der Waals surface area contributed by atoms with Crippen molar-refractivity contribution in [1.29, 1.82) is 0 Å². The van der Waals surface area contributed by atoms with Gasteiger partial charge in [0.15, 0.2) is 0 Å². The molecule has 0 aliphatic heterocycles. The molecular weight excluding hydrogens is 372 g/mol. The molecule has 0 saturated heterocycles. The number of rotatable bonds is 9. The Morgan fingerprint density at radius 1 is 1.04 bits per heavy atom. The van der Waals surface area contributed by atoms with Gasteiger partial charge in [0, 0.05) is 25.0 Å². The Balaban J connectivity index is 2.17. The minimum atomic E-state index is -0.517. The summed E-state index contributed by atoms with van der Waals surface area (Å²) < 4.78 is 0. The van der Waals surface area contributed by atoms with Crippen LogP contribution in [0.5, 0.6) is 0 Å². The van der Waals surface area contributed by atoms with Gasteiger partial charge in [0.1, 0.15) is 6.04 Å². The van der Waals surface area contributed by atoms with Crippen molar-refractivity contribution in [2.45, 2.75) is 52.1 Å². The van der Waals surface area contributed by atoms with Crippen LogP contribution in [0.15, 0.2) is 48.5 Å². The molecule has 4 nitrogen and oxygen atoms in total. The molecule has 0 aliphatic rings. The Hall–Kier alpha value is -2.33. The highest BCUT2D eigenvalue weighted by atomic mass is 35.5. The lowest BCUT2D eigenvalue weighted by Crippen LogP contribution is -2.48. The average molecular weight is 401 g/mol. The number of hydrogen-bond donors (Lipinski definition) is 1. The molecule has 0 bridgehead atoms. The molecule has 2 rings (SSSR count). The third-order valence-corrected chi connectivity index (χ3v) is 5.36. The van der Waals surface area contributed by atoms with Crippen LogP contribution < -0.4 is 5.32 Å². The smallest absolute Gasteiger partial charge is 0.242 e. The van der Waals surface area contributed by atoms with Gasteiger partial charge in [0.05, 0.1) is 0 Å². The number of halogens is 1. The number of nitrogens with zero attached hydrogens (tertiary/aromatic N) is 1. The first-order chi connectivity index (χ1) is 13.5. The number of hydrogen-bond acceptors (Lipinski definition) is 2. The highest BCUT2D eigenvalue weighted by molar-refractivity contribution is 6.31. The first kappa shape index (κ1) is 22.0. The predicted octanol–water partition coefficient (Wildman–Crippen LogP) is 4.39. The van der Waals surface area contributed by atoms with Gasteiger partial charge in [-0.2, -0.15) is 0 Å². The molecule has 0 fully saturated rings. The van der Waals surface area contributed by atoms with Crippen LogP contribution in [0.3, 0.4) is 0 Å². The van der Waals surface area contributed by atoms with Crippen LogP contribution in [0.4, 0.5) is 0 Å². The van der Waals surface area contributed by atoms with Crippen molar-refractivity contribution < 1.29 is 9.59 Å². The molecular formula is C23H29ClN2O2. The van der Waals surface area contributed by atoms with E-state index in [-0.39, 0.29) is 11.8 Å². The largest absolute Gasteiger partial charge is 0.357 e. The summed E-state index contributed by atoms with van der Waals surface area (Å²) in [5.74, 6) is -0.204. The van der Waals surface area contributed by atoms with Crippen LogP contribution in [0.25, 0.3) is 0 Å². The number of amides is 2. The minimum absolute atomic E-state index is 0.0464. The standard InChI is InChI=1S/C23H29ClN2O2/c1-4-17-10-12-18(13-11-17)14-15-22(27)26(21(5-2)23(28)25-3)16-19-8-6-7-9-20(19)24/h6-13,21H,4-5,14-16H2,1-3H3,(H,25,28)/t21-/m1/s1. The van der Waals surface area contributed by atoms with E-state index in [1.165, 1.54) is 5.56 Å². The zero-order valence-corrected chi connectivity index (χ0v) is 17.6. The van der Waals surface area contributed by atoms with Gasteiger partial charge in [-0.25, -0.2) is 0 Å². The van der Waals surface area contributed by atoms with E-state index in [1.807, 2.05) is 25.1 Å². The average Bonchev–Trinajstić information content (AvgIpc) is 2.73. The Bertz CT molecular complexity index is 789. The summed E-state index contributed by atoms with van der Waals surface area (Å²) in [7, 11) is 1.60. The first-order valence-electron chi connectivity index (χ1n) is 9.82. The Morgan fingerprint density at radius 3 is 2.25 bits per heavy atom. The summed E-state index contributed by atoms with van der Waals surface area (Å²) in [4.78, 5) is 27.1. The summed E-state index contributed by atoms with van der Waals surface area (Å²) >= 11 is 6.30. The maximum atomic E-state index is 13.1. The second kappa shape index (κ2) is 10.9. The maximum absolute atomic E-state index is 13.1. The van der Waals surface area contributed by atoms with Gasteiger partial charge >= 0.3 is 0 Å². The topological polar surface area (TPSA) is 49.4 Å². The zero-order valence-electron chi connectivity index (χ0n) is 16.9. The fraction of sp³-hybridized carbons (Fsp3) is 0.391. The number of aryl methyl sites for hydroxylation is 2. The highest BCUT2D eigenvalue weighted by Crippen LogP contribution is 2.20. The van der Waals surface area contributed by atoms with E-state index >= 15 is 0 Å². The Morgan fingerprint density at radius 2 is 1.68 bits per heavy atom. The molecule has 0 heterocycles. The third kappa shape index (κ3) is 5.83. The van der Waals surface area contributed by atoms with Crippen molar-refractivity contribution in [3.05, 3.63) is 70.2 Å². The first-order valence-corrected chi connectivity index (χ1v) is 10.2. The quantitative estimate of drug-likeness (QED) is 0.678. The molecule has 0 aromatic heterocycles. The van der Waals surface area contributed by atoms with Crippen molar-refractivity contribution in [3.63, 3.8) is 0 Å². The van der Waals surface area contributed by atoms with E-state index in [9.17, 15) is 9.59 Å². The van der Waals surface area contributed by atoms with Gasteiger partial charge in [0.2, 0.25) is 11.8 Å². The number of nitrogens with one attached hydrogen (secondary N) is 1. The molecule has 5 heteroatoms. The Labute approximate surface area is 172 Å². The molecule has 0 spiro atoms. The SMILES string of the molecule is CCc1ccc(CCC(=O)N(Cc2ccccc2Cl)[C@H](CC)C(=O)NC)cc1. The van der Waals surface area contributed by atoms with Crippen LogP contribution in [0.2, 0.25) is 5.02 Å². The molecule has 0 radical (unpaired) electrons. The highest BCUT2D eigenvalue weighted by Gasteiger charge is 2.28. The van der Waals surface area contributed by atoms with E-state index < -0.39 is 6.04 Å². The molecule has 0 saturated carbocycles. The second-order valence-corrected chi connectivity index (χ2v) is 7.23. The summed E-state index contributed by atoms with van der Waals surface area (Å²) in [6.45, 7) is 4.35. The summed E-state index contributed by atoms with van der Waals surface area (Å²) in [5, 5.41) is 3.27. The fourth-order valence-corrected chi connectivity index (χ4v) is 3.43. The van der Waals surface area contributed by atoms with Crippen molar-refractivity contribution >= 4 is 23.4 Å². The fourth-order valence-electron chi connectivity index (χ4n) is 3.23. The molecule has 2 aromatic carbocycles. The van der Waals surface area contributed by atoms with Crippen molar-refractivity contribution in [1.82, 2.24) is 10.2 Å². The summed E-state index contributed by atoms with van der Waals surface area (Å²) in [6, 6.07) is 15.3. The number of likely N-dealkylation sites (N-methyl/N-ethyl adjacent to an activating group) is 1. The zero-order chi connectivity index (χ0) is 20.5. The van der Waals surface area contributed by atoms with Crippen LogP contribution in [0, 0.1) is 0 Å². The summed E-state index contributed by atoms with van der Waals surface area (Å²) in [5.41, 5.74) is 3.24. The van der Waals surface area contributed by atoms with E-state index in [2.05, 4.69) is 36.5 Å². The molecule has 1 N–H and O–H groups in total. The molecule has 0 unspecified atom stereocenters. The van der Waals surface area contributed by atoms with Gasteiger partial charge < -0.3 is 10.2 Å². The van der Waals surface area contributed by atoms with Gasteiger partial charge in [-0.1, -0.05) is 67.9 Å².